The Labute approximate surface area is 116 Å². The van der Waals surface area contributed by atoms with Crippen molar-refractivity contribution in [1.82, 2.24) is 5.32 Å². The Bertz CT molecular complexity index is 287. The molecule has 0 aliphatic rings. The summed E-state index contributed by atoms with van der Waals surface area (Å²) in [5.41, 5.74) is 8.25. The van der Waals surface area contributed by atoms with Crippen molar-refractivity contribution in [3.05, 3.63) is 35.4 Å². The molecule has 0 aliphatic heterocycles. The molecule has 0 aromatic heterocycles. The van der Waals surface area contributed by atoms with Gasteiger partial charge in [-0.15, -0.1) is 0 Å². The molecule has 1 aromatic carbocycles. The number of benzene rings is 1. The zero-order chi connectivity index (χ0) is 13.8. The van der Waals surface area contributed by atoms with Gasteiger partial charge >= 0.3 is 0 Å². The summed E-state index contributed by atoms with van der Waals surface area (Å²) in [5.74, 6) is 0.729. The first-order valence-electron chi connectivity index (χ1n) is 7.21. The maximum atomic E-state index is 5.52. The van der Waals surface area contributed by atoms with Gasteiger partial charge in [-0.05, 0) is 49.5 Å². The Hall–Kier alpha value is -0.860. The zero-order valence-corrected chi connectivity index (χ0v) is 12.5. The van der Waals surface area contributed by atoms with Crippen molar-refractivity contribution in [1.29, 1.82) is 0 Å². The average Bonchev–Trinajstić information content (AvgIpc) is 2.39. The summed E-state index contributed by atoms with van der Waals surface area (Å²) in [7, 11) is 0. The summed E-state index contributed by atoms with van der Waals surface area (Å²) >= 11 is 0. The van der Waals surface area contributed by atoms with Crippen LogP contribution < -0.4 is 11.1 Å². The molecule has 0 bridgehead atoms. The van der Waals surface area contributed by atoms with Crippen LogP contribution in [0.3, 0.4) is 0 Å². The van der Waals surface area contributed by atoms with Crippen LogP contribution in [0.2, 0.25) is 0 Å². The van der Waals surface area contributed by atoms with E-state index in [4.69, 9.17) is 5.73 Å². The standard InChI is InChI=1S/C14H24N2.C2H6.2H2/c1-12(2)11-16-10-8-14-5-3-13(4-6-14)7-9-15;1-2;;/h3-6,12,16H,7-11,15H2,1-2H3;1-2H3;2*1H. The van der Waals surface area contributed by atoms with Crippen molar-refractivity contribution in [3.63, 3.8) is 0 Å². The molecule has 2 nitrogen and oxygen atoms in total. The minimum Gasteiger partial charge on any atom is -0.330 e. The molecule has 0 spiro atoms. The fourth-order valence-corrected chi connectivity index (χ4v) is 1.66. The highest BCUT2D eigenvalue weighted by Gasteiger charge is 1.96. The Balaban J connectivity index is -0.000000689. The van der Waals surface area contributed by atoms with Gasteiger partial charge in [0, 0.05) is 2.85 Å². The van der Waals surface area contributed by atoms with Crippen LogP contribution in [0.4, 0.5) is 0 Å². The first-order chi connectivity index (χ1) is 8.72. The molecule has 3 N–H and O–H groups in total. The quantitative estimate of drug-likeness (QED) is 0.731. The van der Waals surface area contributed by atoms with Gasteiger partial charge < -0.3 is 11.1 Å². The number of nitrogens with two attached hydrogens (primary N) is 1. The van der Waals surface area contributed by atoms with E-state index in [1.807, 2.05) is 13.8 Å². The van der Waals surface area contributed by atoms with E-state index in [1.165, 1.54) is 11.1 Å². The summed E-state index contributed by atoms with van der Waals surface area (Å²) in [6.45, 7) is 11.4. The second-order valence-corrected chi connectivity index (χ2v) is 4.70. The molecule has 0 heterocycles. The van der Waals surface area contributed by atoms with Gasteiger partial charge in [-0.1, -0.05) is 52.0 Å². The topological polar surface area (TPSA) is 38.0 Å². The van der Waals surface area contributed by atoms with Gasteiger partial charge in [0.05, 0.1) is 0 Å². The van der Waals surface area contributed by atoms with Crippen LogP contribution in [0.5, 0.6) is 0 Å². The highest BCUT2D eigenvalue weighted by Crippen LogP contribution is 2.05. The third kappa shape index (κ3) is 8.26. The third-order valence-corrected chi connectivity index (χ3v) is 2.60. The van der Waals surface area contributed by atoms with E-state index < -0.39 is 0 Å². The largest absolute Gasteiger partial charge is 0.330 e. The van der Waals surface area contributed by atoms with Crippen LogP contribution in [-0.4, -0.2) is 19.6 Å². The van der Waals surface area contributed by atoms with Gasteiger partial charge in [-0.2, -0.15) is 0 Å². The number of hydrogen-bond donors (Lipinski definition) is 2. The Kier molecular flexibility index (Phi) is 10.7. The summed E-state index contributed by atoms with van der Waals surface area (Å²) in [4.78, 5) is 0. The van der Waals surface area contributed by atoms with E-state index in [-0.39, 0.29) is 2.85 Å². The molecule has 0 atom stereocenters. The Morgan fingerprint density at radius 3 is 2.00 bits per heavy atom. The number of hydrogen-bond acceptors (Lipinski definition) is 2. The normalized spacial score (nSPS) is 10.1. The Morgan fingerprint density at radius 2 is 1.56 bits per heavy atom. The van der Waals surface area contributed by atoms with Crippen LogP contribution in [0.15, 0.2) is 24.3 Å². The molecule has 0 amide bonds. The molecular formula is C16H34N2. The SMILES string of the molecule is CC.CC(C)CNCCc1ccc(CCN)cc1.[HH].[HH]. The smallest absolute Gasteiger partial charge is 0 e. The molecule has 1 rings (SSSR count). The van der Waals surface area contributed by atoms with E-state index in [0.717, 1.165) is 38.4 Å². The molecule has 0 aliphatic carbocycles. The van der Waals surface area contributed by atoms with E-state index in [2.05, 4.69) is 43.4 Å². The zero-order valence-electron chi connectivity index (χ0n) is 12.5. The summed E-state index contributed by atoms with van der Waals surface area (Å²) < 4.78 is 0. The predicted octanol–water partition coefficient (Wildman–Crippen LogP) is 3.49. The first-order valence-corrected chi connectivity index (χ1v) is 7.21. The molecule has 0 unspecified atom stereocenters. The van der Waals surface area contributed by atoms with Crippen molar-refractivity contribution in [2.75, 3.05) is 19.6 Å². The first kappa shape index (κ1) is 17.1. The fraction of sp³-hybridized carbons (Fsp3) is 0.625. The lowest BCUT2D eigenvalue weighted by molar-refractivity contribution is 0.554. The summed E-state index contributed by atoms with van der Waals surface area (Å²) in [6, 6.07) is 8.79. The number of rotatable bonds is 7. The average molecular weight is 254 g/mol. The highest BCUT2D eigenvalue weighted by atomic mass is 14.8. The maximum Gasteiger partial charge on any atom is 0 e. The summed E-state index contributed by atoms with van der Waals surface area (Å²) in [6.07, 6.45) is 2.08. The molecule has 2 heteroatoms. The molecule has 0 radical (unpaired) electrons. The third-order valence-electron chi connectivity index (χ3n) is 2.60. The van der Waals surface area contributed by atoms with E-state index in [1.54, 1.807) is 0 Å². The lowest BCUT2D eigenvalue weighted by atomic mass is 10.1. The second kappa shape index (κ2) is 11.2. The van der Waals surface area contributed by atoms with Crippen LogP contribution in [0.1, 0.15) is 41.7 Å². The molecule has 0 saturated carbocycles. The van der Waals surface area contributed by atoms with E-state index >= 15 is 0 Å². The van der Waals surface area contributed by atoms with Crippen LogP contribution in [-0.2, 0) is 12.8 Å². The summed E-state index contributed by atoms with van der Waals surface area (Å²) in [5, 5.41) is 3.45. The minimum atomic E-state index is 0. The van der Waals surface area contributed by atoms with E-state index in [9.17, 15) is 0 Å². The molecule has 18 heavy (non-hydrogen) atoms. The lowest BCUT2D eigenvalue weighted by Crippen LogP contribution is -2.22. The van der Waals surface area contributed by atoms with Crippen LogP contribution in [0, 0.1) is 5.92 Å². The van der Waals surface area contributed by atoms with Gasteiger partial charge in [0.15, 0.2) is 0 Å². The lowest BCUT2D eigenvalue weighted by Gasteiger charge is -2.07. The van der Waals surface area contributed by atoms with Crippen molar-refractivity contribution in [3.8, 4) is 0 Å². The van der Waals surface area contributed by atoms with Gasteiger partial charge in [-0.3, -0.25) is 0 Å². The van der Waals surface area contributed by atoms with Crippen LogP contribution in [0.25, 0.3) is 0 Å². The van der Waals surface area contributed by atoms with Crippen molar-refractivity contribution >= 4 is 0 Å². The molecule has 108 valence electrons. The molecule has 1 aromatic rings. The number of nitrogens with one attached hydrogen (secondary N) is 1. The van der Waals surface area contributed by atoms with Gasteiger partial charge in [0.25, 0.3) is 0 Å². The molecule has 0 saturated heterocycles. The van der Waals surface area contributed by atoms with Crippen LogP contribution >= 0.6 is 0 Å². The van der Waals surface area contributed by atoms with E-state index in [0.29, 0.717) is 0 Å². The van der Waals surface area contributed by atoms with Crippen molar-refractivity contribution in [2.45, 2.75) is 40.5 Å². The van der Waals surface area contributed by atoms with Crippen molar-refractivity contribution < 1.29 is 2.85 Å². The second-order valence-electron chi connectivity index (χ2n) is 4.70. The minimum absolute atomic E-state index is 0. The highest BCUT2D eigenvalue weighted by molar-refractivity contribution is 5.23. The van der Waals surface area contributed by atoms with Crippen molar-refractivity contribution in [2.24, 2.45) is 11.7 Å². The monoisotopic (exact) mass is 254 g/mol. The maximum absolute atomic E-state index is 5.52. The fourth-order valence-electron chi connectivity index (χ4n) is 1.66. The van der Waals surface area contributed by atoms with Gasteiger partial charge in [0.1, 0.15) is 0 Å². The van der Waals surface area contributed by atoms with Gasteiger partial charge in [0.2, 0.25) is 0 Å². The van der Waals surface area contributed by atoms with Gasteiger partial charge in [-0.25, -0.2) is 0 Å². The Morgan fingerprint density at radius 1 is 1.06 bits per heavy atom. The molecule has 0 fully saturated rings. The predicted molar refractivity (Wildman–Crippen MR) is 86.2 cm³/mol. The molecular weight excluding hydrogens is 220 g/mol.